The third-order valence-corrected chi connectivity index (χ3v) is 11.8. The molecule has 8 nitrogen and oxygen atoms in total. The number of nitriles is 1. The Kier molecular flexibility index (Phi) is 7.44. The maximum absolute atomic E-state index is 17.2. The first kappa shape index (κ1) is 30.0. The molecule has 3 saturated heterocycles. The predicted octanol–water partition coefficient (Wildman–Crippen LogP) is 6.36. The Morgan fingerprint density at radius 2 is 2.00 bits per heavy atom. The van der Waals surface area contributed by atoms with Gasteiger partial charge in [-0.25, -0.2) is 13.2 Å². The highest BCUT2D eigenvalue weighted by atomic mass is 35.5. The minimum absolute atomic E-state index is 0.0340. The lowest BCUT2D eigenvalue weighted by atomic mass is 9.93. The van der Waals surface area contributed by atoms with E-state index >= 15 is 4.39 Å². The number of aryl methyl sites for hydroxylation is 1. The van der Waals surface area contributed by atoms with Crippen LogP contribution in [0.3, 0.4) is 0 Å². The van der Waals surface area contributed by atoms with Gasteiger partial charge in [-0.1, -0.05) is 17.7 Å². The number of nitrogens with one attached hydrogen (secondary N) is 1. The summed E-state index contributed by atoms with van der Waals surface area (Å²) in [7, 11) is 0. The summed E-state index contributed by atoms with van der Waals surface area (Å²) in [5.74, 6) is -0.659. The molecule has 8 rings (SSSR count). The van der Waals surface area contributed by atoms with Crippen LogP contribution in [0.4, 0.5) is 24.0 Å². The van der Waals surface area contributed by atoms with Crippen molar-refractivity contribution in [1.82, 2.24) is 20.2 Å². The molecule has 4 aliphatic heterocycles. The van der Waals surface area contributed by atoms with Gasteiger partial charge < -0.3 is 20.7 Å². The van der Waals surface area contributed by atoms with Crippen molar-refractivity contribution in [2.45, 2.75) is 62.7 Å². The van der Waals surface area contributed by atoms with E-state index in [4.69, 9.17) is 27.1 Å². The molecule has 0 bridgehead atoms. The molecule has 240 valence electrons. The molecule has 3 fully saturated rings. The van der Waals surface area contributed by atoms with Gasteiger partial charge in [0.1, 0.15) is 41.0 Å². The zero-order chi connectivity index (χ0) is 31.7. The maximum atomic E-state index is 17.2. The number of nitrogen functional groups attached to an aromatic ring is 1. The van der Waals surface area contributed by atoms with Crippen LogP contribution in [0.5, 0.6) is 6.01 Å². The van der Waals surface area contributed by atoms with Crippen LogP contribution in [-0.2, 0) is 6.42 Å². The van der Waals surface area contributed by atoms with Gasteiger partial charge in [0.25, 0.3) is 0 Å². The highest BCUT2D eigenvalue weighted by Crippen LogP contribution is 2.49. The van der Waals surface area contributed by atoms with Crippen LogP contribution in [0.15, 0.2) is 12.1 Å². The second kappa shape index (κ2) is 11.4. The quantitative estimate of drug-likeness (QED) is 0.254. The third-order valence-electron chi connectivity index (χ3n) is 10.4. The van der Waals surface area contributed by atoms with Crippen molar-refractivity contribution in [1.29, 1.82) is 5.26 Å². The summed E-state index contributed by atoms with van der Waals surface area (Å²) >= 11 is 8.09. The van der Waals surface area contributed by atoms with E-state index in [1.54, 1.807) is 0 Å². The van der Waals surface area contributed by atoms with Crippen LogP contribution in [0.1, 0.15) is 49.7 Å². The van der Waals surface area contributed by atoms with E-state index in [9.17, 15) is 14.0 Å². The molecule has 46 heavy (non-hydrogen) atoms. The molecule has 3 N–H and O–H groups in total. The van der Waals surface area contributed by atoms with Gasteiger partial charge in [0.2, 0.25) is 0 Å². The molecular weight excluding hydrogens is 635 g/mol. The molecule has 0 aliphatic carbocycles. The molecule has 13 heteroatoms. The zero-order valence-electron chi connectivity index (χ0n) is 25.1. The van der Waals surface area contributed by atoms with Crippen molar-refractivity contribution in [2.75, 3.05) is 50.0 Å². The van der Waals surface area contributed by atoms with Crippen molar-refractivity contribution < 1.29 is 17.9 Å². The number of aromatic nitrogens is 2. The Morgan fingerprint density at radius 1 is 1.17 bits per heavy atom. The second-order valence-corrected chi connectivity index (χ2v) is 14.4. The van der Waals surface area contributed by atoms with Crippen LogP contribution in [0.2, 0.25) is 5.02 Å². The molecule has 2 aromatic carbocycles. The second-order valence-electron chi connectivity index (χ2n) is 12.9. The van der Waals surface area contributed by atoms with Gasteiger partial charge in [0.05, 0.1) is 26.2 Å². The Hall–Kier alpha value is -3.37. The number of hydrogen-bond acceptors (Lipinski definition) is 9. The number of nitrogens with two attached hydrogens (primary N) is 1. The number of hydrogen-bond donors (Lipinski definition) is 2. The molecule has 0 radical (unpaired) electrons. The number of halogens is 4. The smallest absolute Gasteiger partial charge is 0.319 e. The van der Waals surface area contributed by atoms with Gasteiger partial charge in [-0.15, -0.1) is 11.3 Å². The molecule has 2 atom stereocenters. The summed E-state index contributed by atoms with van der Waals surface area (Å²) in [6.45, 7) is 3.85. The van der Waals surface area contributed by atoms with Crippen molar-refractivity contribution >= 4 is 54.7 Å². The van der Waals surface area contributed by atoms with Gasteiger partial charge in [0, 0.05) is 36.5 Å². The first-order valence-electron chi connectivity index (χ1n) is 15.9. The van der Waals surface area contributed by atoms with Crippen molar-refractivity contribution in [3.05, 3.63) is 39.9 Å². The summed E-state index contributed by atoms with van der Waals surface area (Å²) in [5.41, 5.74) is 6.87. The molecule has 4 aromatic rings. The highest BCUT2D eigenvalue weighted by Gasteiger charge is 2.49. The normalized spacial score (nSPS) is 23.6. The lowest BCUT2D eigenvalue weighted by molar-refractivity contribution is 0.107. The van der Waals surface area contributed by atoms with Gasteiger partial charge in [-0.05, 0) is 75.4 Å². The molecular formula is C33H33ClF3N7OS. The number of piperidine rings is 1. The topological polar surface area (TPSA) is 103 Å². The fourth-order valence-electron chi connectivity index (χ4n) is 8.25. The Bertz CT molecular complexity index is 1930. The minimum atomic E-state index is -0.914. The van der Waals surface area contributed by atoms with Gasteiger partial charge in [0.15, 0.2) is 5.82 Å². The zero-order valence-corrected chi connectivity index (χ0v) is 26.7. The van der Waals surface area contributed by atoms with Crippen LogP contribution in [0.25, 0.3) is 32.1 Å². The summed E-state index contributed by atoms with van der Waals surface area (Å²) in [6, 6.07) is 4.99. The average molecular weight is 668 g/mol. The summed E-state index contributed by atoms with van der Waals surface area (Å²) < 4.78 is 53.2. The number of ether oxygens (including phenoxy) is 1. The van der Waals surface area contributed by atoms with E-state index in [2.05, 4.69) is 26.2 Å². The van der Waals surface area contributed by atoms with E-state index in [-0.39, 0.29) is 61.0 Å². The molecule has 0 saturated carbocycles. The van der Waals surface area contributed by atoms with Crippen molar-refractivity contribution in [2.24, 2.45) is 0 Å². The Balaban J connectivity index is 1.34. The first-order valence-corrected chi connectivity index (χ1v) is 17.1. The van der Waals surface area contributed by atoms with E-state index in [0.29, 0.717) is 42.7 Å². The van der Waals surface area contributed by atoms with Crippen LogP contribution >= 0.6 is 22.9 Å². The fraction of sp³-hybridized carbons (Fsp3) is 0.485. The molecule has 6 heterocycles. The summed E-state index contributed by atoms with van der Waals surface area (Å²) in [5, 5.41) is 14.5. The minimum Gasteiger partial charge on any atom is -0.461 e. The predicted molar refractivity (Wildman–Crippen MR) is 175 cm³/mol. The lowest BCUT2D eigenvalue weighted by Gasteiger charge is -2.35. The average Bonchev–Trinajstić information content (AvgIpc) is 3.65. The number of thiophene rings is 1. The summed E-state index contributed by atoms with van der Waals surface area (Å²) in [6.07, 6.45) is 4.38. The monoisotopic (exact) mass is 667 g/mol. The largest absolute Gasteiger partial charge is 0.461 e. The Morgan fingerprint density at radius 3 is 2.80 bits per heavy atom. The van der Waals surface area contributed by atoms with Gasteiger partial charge in [-0.2, -0.15) is 15.2 Å². The number of nitrogens with zero attached hydrogens (tertiary/aromatic N) is 5. The van der Waals surface area contributed by atoms with E-state index in [0.717, 1.165) is 63.1 Å². The fourth-order valence-corrected chi connectivity index (χ4v) is 9.57. The highest BCUT2D eigenvalue weighted by molar-refractivity contribution is 7.23. The van der Waals surface area contributed by atoms with E-state index in [1.807, 2.05) is 0 Å². The number of benzene rings is 2. The lowest BCUT2D eigenvalue weighted by Crippen LogP contribution is -2.44. The maximum Gasteiger partial charge on any atom is 0.319 e. The molecule has 2 aromatic heterocycles. The number of alkyl halides is 1. The molecule has 1 unspecified atom stereocenters. The van der Waals surface area contributed by atoms with Crippen LogP contribution in [0, 0.1) is 23.0 Å². The van der Waals surface area contributed by atoms with Gasteiger partial charge in [-0.3, -0.25) is 4.90 Å². The van der Waals surface area contributed by atoms with Crippen LogP contribution in [-0.4, -0.2) is 72.0 Å². The number of fused-ring (bicyclic) bond motifs is 2. The van der Waals surface area contributed by atoms with Crippen molar-refractivity contribution in [3.8, 4) is 23.2 Å². The third kappa shape index (κ3) is 4.61. The Labute approximate surface area is 273 Å². The van der Waals surface area contributed by atoms with Crippen LogP contribution < -0.4 is 20.7 Å². The van der Waals surface area contributed by atoms with Crippen molar-refractivity contribution in [3.63, 3.8) is 0 Å². The standard InChI is InChI=1S/C33H33ClF3N7OS/c34-26-20-3-1-12-44(18-6-9-40-10-7-18)31-25(20)28(41-32(42-31)45-16-33-8-2-11-43(33)15-17(35)13-33)27(37)24(26)19-4-5-22(36)29-23(19)21(14-38)30(39)46-29/h4-5,17-18,40H,1-3,6-13,15-16,39H2/t17-,33?/m1/s1. The van der Waals surface area contributed by atoms with Gasteiger partial charge >= 0.3 is 6.01 Å². The first-order chi connectivity index (χ1) is 22.3. The number of rotatable bonds is 5. The molecule has 0 amide bonds. The number of anilines is 2. The van der Waals surface area contributed by atoms with E-state index < -0.39 is 23.3 Å². The molecule has 0 spiro atoms. The SMILES string of the molecule is N#Cc1c(N)sc2c(F)ccc(-c3c(Cl)c4c5c(nc(OCC67CCCN6C[C@H](F)C7)nc5c3F)N(C3CCNCC3)CCC4)c12. The van der Waals surface area contributed by atoms with E-state index in [1.165, 1.54) is 12.1 Å². The molecule has 4 aliphatic rings. The summed E-state index contributed by atoms with van der Waals surface area (Å²) in [4.78, 5) is 14.0.